The van der Waals surface area contributed by atoms with Crippen LogP contribution in [0.1, 0.15) is 19.4 Å². The number of rotatable bonds is 7. The SMILES string of the molecule is CCOC(=O)N1CCN(C(=O)C[NH+](CC)CC(=O)Nc2cc(Cl)ccc2C)CC1. The van der Waals surface area contributed by atoms with E-state index in [2.05, 4.69) is 5.32 Å². The molecule has 1 heterocycles. The van der Waals surface area contributed by atoms with E-state index >= 15 is 0 Å². The van der Waals surface area contributed by atoms with Crippen molar-refractivity contribution in [3.05, 3.63) is 28.8 Å². The van der Waals surface area contributed by atoms with Gasteiger partial charge in [-0.15, -0.1) is 0 Å². The number of anilines is 1. The molecule has 0 spiro atoms. The molecule has 1 fully saturated rings. The summed E-state index contributed by atoms with van der Waals surface area (Å²) >= 11 is 6.00. The van der Waals surface area contributed by atoms with E-state index in [-0.39, 0.29) is 31.0 Å². The summed E-state index contributed by atoms with van der Waals surface area (Å²) in [4.78, 5) is 41.0. The first-order valence-electron chi connectivity index (χ1n) is 9.93. The molecule has 0 saturated carbocycles. The summed E-state index contributed by atoms with van der Waals surface area (Å²) in [6, 6.07) is 5.34. The zero-order valence-corrected chi connectivity index (χ0v) is 18.1. The molecule has 0 radical (unpaired) electrons. The van der Waals surface area contributed by atoms with Crippen molar-refractivity contribution in [2.75, 3.05) is 57.7 Å². The Morgan fingerprint density at radius 3 is 2.38 bits per heavy atom. The maximum atomic E-state index is 12.6. The number of hydrogen-bond donors (Lipinski definition) is 2. The van der Waals surface area contributed by atoms with Gasteiger partial charge >= 0.3 is 6.09 Å². The number of carbonyl (C=O) groups is 3. The molecule has 1 aliphatic rings. The highest BCUT2D eigenvalue weighted by Crippen LogP contribution is 2.19. The molecule has 0 bridgehead atoms. The van der Waals surface area contributed by atoms with Crippen LogP contribution in [0.3, 0.4) is 0 Å². The molecule has 9 heteroatoms. The smallest absolute Gasteiger partial charge is 0.409 e. The molecule has 8 nitrogen and oxygen atoms in total. The number of halogens is 1. The van der Waals surface area contributed by atoms with Gasteiger partial charge in [0.1, 0.15) is 0 Å². The fraction of sp³-hybridized carbons (Fsp3) is 0.550. The van der Waals surface area contributed by atoms with Crippen molar-refractivity contribution in [1.82, 2.24) is 9.80 Å². The lowest BCUT2D eigenvalue weighted by molar-refractivity contribution is -0.882. The Hall–Kier alpha value is -2.32. The maximum Gasteiger partial charge on any atom is 0.409 e. The third-order valence-electron chi connectivity index (χ3n) is 4.94. The average Bonchev–Trinajstić information content (AvgIpc) is 2.70. The second-order valence-corrected chi connectivity index (χ2v) is 7.47. The number of nitrogens with one attached hydrogen (secondary N) is 2. The number of quaternary nitrogens is 1. The van der Waals surface area contributed by atoms with Gasteiger partial charge in [-0.2, -0.15) is 0 Å². The molecule has 1 aromatic rings. The predicted molar refractivity (Wildman–Crippen MR) is 111 cm³/mol. The average molecular weight is 426 g/mol. The molecule has 1 saturated heterocycles. The van der Waals surface area contributed by atoms with Crippen LogP contribution in [0.4, 0.5) is 10.5 Å². The summed E-state index contributed by atoms with van der Waals surface area (Å²) in [5.41, 5.74) is 1.61. The molecule has 29 heavy (non-hydrogen) atoms. The monoisotopic (exact) mass is 425 g/mol. The fourth-order valence-electron chi connectivity index (χ4n) is 3.14. The van der Waals surface area contributed by atoms with Crippen LogP contribution in [0.25, 0.3) is 0 Å². The van der Waals surface area contributed by atoms with Crippen LogP contribution < -0.4 is 10.2 Å². The third kappa shape index (κ3) is 6.90. The van der Waals surface area contributed by atoms with Crippen LogP contribution in [0.2, 0.25) is 5.02 Å². The number of benzene rings is 1. The largest absolute Gasteiger partial charge is 0.450 e. The summed E-state index contributed by atoms with van der Waals surface area (Å²) in [6.45, 7) is 8.89. The Morgan fingerprint density at radius 2 is 1.76 bits per heavy atom. The number of amides is 3. The highest BCUT2D eigenvalue weighted by atomic mass is 35.5. The van der Waals surface area contributed by atoms with Crippen molar-refractivity contribution in [2.24, 2.45) is 0 Å². The number of likely N-dealkylation sites (N-methyl/N-ethyl adjacent to an activating group) is 1. The Labute approximate surface area is 176 Å². The molecule has 1 atom stereocenters. The van der Waals surface area contributed by atoms with Crippen LogP contribution in [0.5, 0.6) is 0 Å². The first-order chi connectivity index (χ1) is 13.8. The molecule has 3 amide bonds. The number of nitrogens with zero attached hydrogens (tertiary/aromatic N) is 2. The number of aryl methyl sites for hydroxylation is 1. The van der Waals surface area contributed by atoms with Gasteiger partial charge < -0.3 is 24.8 Å². The molecule has 1 aliphatic heterocycles. The summed E-state index contributed by atoms with van der Waals surface area (Å²) in [5.74, 6) is -0.177. The van der Waals surface area contributed by atoms with Gasteiger partial charge in [0, 0.05) is 36.9 Å². The number of ether oxygens (including phenoxy) is 1. The van der Waals surface area contributed by atoms with Crippen LogP contribution in [0, 0.1) is 6.92 Å². The summed E-state index contributed by atoms with van der Waals surface area (Å²) in [5, 5.41) is 3.43. The van der Waals surface area contributed by atoms with Crippen LogP contribution in [-0.4, -0.2) is 80.1 Å². The van der Waals surface area contributed by atoms with Crippen molar-refractivity contribution in [3.8, 4) is 0 Å². The molecule has 0 aromatic heterocycles. The van der Waals surface area contributed by atoms with Crippen molar-refractivity contribution in [3.63, 3.8) is 0 Å². The van der Waals surface area contributed by atoms with Crippen molar-refractivity contribution < 1.29 is 24.0 Å². The van der Waals surface area contributed by atoms with Gasteiger partial charge in [0.15, 0.2) is 13.1 Å². The zero-order valence-electron chi connectivity index (χ0n) is 17.3. The van der Waals surface area contributed by atoms with E-state index in [0.29, 0.717) is 50.0 Å². The lowest BCUT2D eigenvalue weighted by Gasteiger charge is -2.34. The van der Waals surface area contributed by atoms with Gasteiger partial charge in [-0.25, -0.2) is 4.79 Å². The topological polar surface area (TPSA) is 83.4 Å². The quantitative estimate of drug-likeness (QED) is 0.676. The van der Waals surface area contributed by atoms with E-state index in [0.717, 1.165) is 10.5 Å². The highest BCUT2D eigenvalue weighted by molar-refractivity contribution is 6.31. The van der Waals surface area contributed by atoms with Crippen LogP contribution >= 0.6 is 11.6 Å². The van der Waals surface area contributed by atoms with E-state index in [9.17, 15) is 14.4 Å². The number of carbonyl (C=O) groups excluding carboxylic acids is 3. The van der Waals surface area contributed by atoms with Crippen LogP contribution in [0.15, 0.2) is 18.2 Å². The van der Waals surface area contributed by atoms with Gasteiger partial charge in [0.2, 0.25) is 0 Å². The minimum absolute atomic E-state index is 0.0166. The Bertz CT molecular complexity index is 735. The minimum atomic E-state index is -0.339. The van der Waals surface area contributed by atoms with Gasteiger partial charge in [-0.05, 0) is 38.5 Å². The second-order valence-electron chi connectivity index (χ2n) is 7.03. The first kappa shape index (κ1) is 23.0. The number of piperazine rings is 1. The fourth-order valence-corrected chi connectivity index (χ4v) is 3.31. The normalized spacial score (nSPS) is 15.0. The third-order valence-corrected chi connectivity index (χ3v) is 5.18. The summed E-state index contributed by atoms with van der Waals surface area (Å²) < 4.78 is 4.99. The van der Waals surface area contributed by atoms with Gasteiger partial charge in [-0.3, -0.25) is 9.59 Å². The molecule has 1 aromatic carbocycles. The lowest BCUT2D eigenvalue weighted by atomic mass is 10.2. The Kier molecular flexibility index (Phi) is 8.72. The first-order valence-corrected chi connectivity index (χ1v) is 10.3. The van der Waals surface area contributed by atoms with E-state index in [4.69, 9.17) is 16.3 Å². The molecule has 2 N–H and O–H groups in total. The van der Waals surface area contributed by atoms with Crippen molar-refractivity contribution in [1.29, 1.82) is 0 Å². The molecule has 0 aliphatic carbocycles. The second kappa shape index (κ2) is 11.0. The standard InChI is InChI=1S/C20H29ClN4O4/c1-4-23(13-18(26)22-17-12-16(21)7-6-15(17)3)14-19(27)24-8-10-25(11-9-24)20(28)29-5-2/h6-7,12H,4-5,8-11,13-14H2,1-3H3,(H,22,26)/p+1. The minimum Gasteiger partial charge on any atom is -0.450 e. The van der Waals surface area contributed by atoms with E-state index < -0.39 is 0 Å². The van der Waals surface area contributed by atoms with Gasteiger partial charge in [-0.1, -0.05) is 17.7 Å². The molecule has 1 unspecified atom stereocenters. The van der Waals surface area contributed by atoms with E-state index in [1.54, 1.807) is 28.9 Å². The lowest BCUT2D eigenvalue weighted by Crippen LogP contribution is -3.14. The predicted octanol–water partition coefficient (Wildman–Crippen LogP) is 0.792. The van der Waals surface area contributed by atoms with Crippen molar-refractivity contribution in [2.45, 2.75) is 20.8 Å². The molecule has 160 valence electrons. The molecular formula is C20H30ClN4O4+. The highest BCUT2D eigenvalue weighted by Gasteiger charge is 2.27. The molecule has 2 rings (SSSR count). The summed E-state index contributed by atoms with van der Waals surface area (Å²) in [6.07, 6.45) is -0.339. The van der Waals surface area contributed by atoms with E-state index in [1.165, 1.54) is 0 Å². The van der Waals surface area contributed by atoms with Crippen LogP contribution in [-0.2, 0) is 14.3 Å². The number of hydrogen-bond acceptors (Lipinski definition) is 4. The van der Waals surface area contributed by atoms with Gasteiger partial charge in [0.25, 0.3) is 11.8 Å². The zero-order chi connectivity index (χ0) is 21.4. The molecular weight excluding hydrogens is 396 g/mol. The summed E-state index contributed by atoms with van der Waals surface area (Å²) in [7, 11) is 0. The Balaban J connectivity index is 1.83. The van der Waals surface area contributed by atoms with Gasteiger partial charge in [0.05, 0.1) is 13.2 Å². The Morgan fingerprint density at radius 1 is 1.10 bits per heavy atom. The van der Waals surface area contributed by atoms with E-state index in [1.807, 2.05) is 19.9 Å². The maximum absolute atomic E-state index is 12.6. The van der Waals surface area contributed by atoms with Crippen molar-refractivity contribution >= 4 is 35.2 Å².